The fourth-order valence-corrected chi connectivity index (χ4v) is 2.61. The molecule has 0 radical (unpaired) electrons. The molecule has 0 saturated carbocycles. The molecular formula is C20H38O2. The summed E-state index contributed by atoms with van der Waals surface area (Å²) in [6.45, 7) is 4.25. The molecule has 0 unspecified atom stereocenters. The van der Waals surface area contributed by atoms with E-state index in [1.54, 1.807) is 0 Å². The first-order chi connectivity index (χ1) is 10.8. The largest absolute Gasteiger partial charge is 0.466 e. The summed E-state index contributed by atoms with van der Waals surface area (Å²) in [5.41, 5.74) is 0. The maximum Gasteiger partial charge on any atom is 0.302 e. The van der Waals surface area contributed by atoms with Gasteiger partial charge in [-0.1, -0.05) is 89.7 Å². The van der Waals surface area contributed by atoms with E-state index in [-0.39, 0.29) is 5.97 Å². The number of allylic oxidation sites excluding steroid dienone is 1. The number of carbonyl (C=O) groups is 1. The molecule has 22 heavy (non-hydrogen) atoms. The van der Waals surface area contributed by atoms with Gasteiger partial charge in [0, 0.05) is 6.92 Å². The number of unbranched alkanes of at least 4 members (excludes halogenated alkanes) is 12. The van der Waals surface area contributed by atoms with Crippen LogP contribution in [-0.4, -0.2) is 12.6 Å². The molecule has 0 amide bonds. The van der Waals surface area contributed by atoms with Gasteiger partial charge in [-0.15, -0.1) is 0 Å². The van der Waals surface area contributed by atoms with Crippen molar-refractivity contribution in [1.29, 1.82) is 0 Å². The molecule has 2 nitrogen and oxygen atoms in total. The van der Waals surface area contributed by atoms with Gasteiger partial charge in [-0.2, -0.15) is 0 Å². The highest BCUT2D eigenvalue weighted by molar-refractivity contribution is 5.65. The second-order valence-corrected chi connectivity index (χ2v) is 6.28. The molecular weight excluding hydrogens is 272 g/mol. The molecule has 0 aromatic carbocycles. The molecule has 0 bridgehead atoms. The predicted octanol–water partition coefficient (Wildman–Crippen LogP) is 6.59. The van der Waals surface area contributed by atoms with Crippen LogP contribution >= 0.6 is 0 Å². The number of rotatable bonds is 16. The Balaban J connectivity index is 3.05. The van der Waals surface area contributed by atoms with E-state index in [4.69, 9.17) is 4.74 Å². The first-order valence-corrected chi connectivity index (χ1v) is 9.55. The first kappa shape index (κ1) is 21.2. The normalized spacial score (nSPS) is 11.2. The van der Waals surface area contributed by atoms with Crippen LogP contribution in [0.5, 0.6) is 0 Å². The van der Waals surface area contributed by atoms with E-state index in [9.17, 15) is 4.79 Å². The SMILES string of the molecule is CCCCCCCCCCCCCC/C=C/CCOC(C)=O. The zero-order chi connectivity index (χ0) is 16.3. The van der Waals surface area contributed by atoms with Crippen molar-refractivity contribution in [3.63, 3.8) is 0 Å². The van der Waals surface area contributed by atoms with Gasteiger partial charge in [0.25, 0.3) is 0 Å². The first-order valence-electron chi connectivity index (χ1n) is 9.55. The molecule has 0 rings (SSSR count). The minimum Gasteiger partial charge on any atom is -0.466 e. The maximum atomic E-state index is 10.6. The van der Waals surface area contributed by atoms with Crippen molar-refractivity contribution in [2.24, 2.45) is 0 Å². The van der Waals surface area contributed by atoms with E-state index in [0.717, 1.165) is 12.8 Å². The molecule has 0 saturated heterocycles. The summed E-state index contributed by atoms with van der Waals surface area (Å²) in [7, 11) is 0. The Kier molecular flexibility index (Phi) is 17.6. The highest BCUT2D eigenvalue weighted by Gasteiger charge is 1.93. The lowest BCUT2D eigenvalue weighted by Gasteiger charge is -2.02. The summed E-state index contributed by atoms with van der Waals surface area (Å²) < 4.78 is 4.87. The Hall–Kier alpha value is -0.790. The molecule has 2 heteroatoms. The zero-order valence-corrected chi connectivity index (χ0v) is 15.1. The van der Waals surface area contributed by atoms with Crippen molar-refractivity contribution in [2.45, 2.75) is 104 Å². The number of hydrogen-bond acceptors (Lipinski definition) is 2. The number of ether oxygens (including phenoxy) is 1. The second kappa shape index (κ2) is 18.3. The number of esters is 1. The van der Waals surface area contributed by atoms with Gasteiger partial charge >= 0.3 is 5.97 Å². The Labute approximate surface area is 138 Å². The second-order valence-electron chi connectivity index (χ2n) is 6.28. The smallest absolute Gasteiger partial charge is 0.302 e. The quantitative estimate of drug-likeness (QED) is 0.183. The minimum atomic E-state index is -0.186. The number of carbonyl (C=O) groups excluding carboxylic acids is 1. The van der Waals surface area contributed by atoms with Crippen LogP contribution in [0.25, 0.3) is 0 Å². The lowest BCUT2D eigenvalue weighted by atomic mass is 10.0. The highest BCUT2D eigenvalue weighted by Crippen LogP contribution is 2.12. The Bertz CT molecular complexity index is 258. The van der Waals surface area contributed by atoms with Crippen LogP contribution in [0.1, 0.15) is 104 Å². The fraction of sp³-hybridized carbons (Fsp3) is 0.850. The Morgan fingerprint density at radius 2 is 1.18 bits per heavy atom. The molecule has 0 aliphatic rings. The Morgan fingerprint density at radius 3 is 1.68 bits per heavy atom. The summed E-state index contributed by atoms with van der Waals surface area (Å²) in [4.78, 5) is 10.6. The minimum absolute atomic E-state index is 0.186. The van der Waals surface area contributed by atoms with Gasteiger partial charge in [0.15, 0.2) is 0 Å². The van der Waals surface area contributed by atoms with Gasteiger partial charge in [0.05, 0.1) is 6.61 Å². The van der Waals surface area contributed by atoms with Crippen LogP contribution in [0.2, 0.25) is 0 Å². The standard InChI is InChI=1S/C20H38O2/c1-3-4-5-6-7-8-9-10-11-12-13-14-15-16-17-18-19-22-20(2)21/h16-17H,3-15,18-19H2,1-2H3/b17-16+. The van der Waals surface area contributed by atoms with Crippen LogP contribution < -0.4 is 0 Å². The summed E-state index contributed by atoms with van der Waals surface area (Å²) in [6, 6.07) is 0. The van der Waals surface area contributed by atoms with E-state index >= 15 is 0 Å². The monoisotopic (exact) mass is 310 g/mol. The molecule has 0 heterocycles. The van der Waals surface area contributed by atoms with Gasteiger partial charge in [-0.25, -0.2) is 0 Å². The average molecular weight is 311 g/mol. The summed E-state index contributed by atoms with van der Waals surface area (Å²) in [5.74, 6) is -0.186. The van der Waals surface area contributed by atoms with E-state index in [1.165, 1.54) is 84.0 Å². The molecule has 0 aromatic heterocycles. The van der Waals surface area contributed by atoms with Gasteiger partial charge in [0.2, 0.25) is 0 Å². The van der Waals surface area contributed by atoms with Crippen molar-refractivity contribution < 1.29 is 9.53 Å². The van der Waals surface area contributed by atoms with Crippen molar-refractivity contribution in [2.75, 3.05) is 6.61 Å². The molecule has 0 aromatic rings. The van der Waals surface area contributed by atoms with E-state index in [0.29, 0.717) is 6.61 Å². The summed E-state index contributed by atoms with van der Waals surface area (Å²) in [6.07, 6.45) is 23.2. The molecule has 0 atom stereocenters. The van der Waals surface area contributed by atoms with Crippen LogP contribution in [0.15, 0.2) is 12.2 Å². The molecule has 0 spiro atoms. The Morgan fingerprint density at radius 1 is 0.727 bits per heavy atom. The predicted molar refractivity (Wildman–Crippen MR) is 96.1 cm³/mol. The van der Waals surface area contributed by atoms with Gasteiger partial charge in [-0.05, 0) is 19.3 Å². The summed E-state index contributed by atoms with van der Waals surface area (Å²) >= 11 is 0. The van der Waals surface area contributed by atoms with Crippen molar-refractivity contribution >= 4 is 5.97 Å². The van der Waals surface area contributed by atoms with Gasteiger partial charge in [0.1, 0.15) is 0 Å². The molecule has 0 N–H and O–H groups in total. The topological polar surface area (TPSA) is 26.3 Å². The lowest BCUT2D eigenvalue weighted by Crippen LogP contribution is -1.98. The van der Waals surface area contributed by atoms with Crippen LogP contribution in [0.3, 0.4) is 0 Å². The zero-order valence-electron chi connectivity index (χ0n) is 15.1. The third-order valence-corrected chi connectivity index (χ3v) is 3.98. The highest BCUT2D eigenvalue weighted by atomic mass is 16.5. The third kappa shape index (κ3) is 19.2. The third-order valence-electron chi connectivity index (χ3n) is 3.98. The van der Waals surface area contributed by atoms with E-state index in [2.05, 4.69) is 19.1 Å². The molecule has 0 fully saturated rings. The maximum absolute atomic E-state index is 10.6. The van der Waals surface area contributed by atoms with E-state index in [1.807, 2.05) is 0 Å². The van der Waals surface area contributed by atoms with Crippen LogP contribution in [-0.2, 0) is 9.53 Å². The molecule has 130 valence electrons. The van der Waals surface area contributed by atoms with Crippen molar-refractivity contribution in [3.8, 4) is 0 Å². The lowest BCUT2D eigenvalue weighted by molar-refractivity contribution is -0.140. The van der Waals surface area contributed by atoms with Gasteiger partial charge in [-0.3, -0.25) is 4.79 Å². The summed E-state index contributed by atoms with van der Waals surface area (Å²) in [5, 5.41) is 0. The van der Waals surface area contributed by atoms with Crippen LogP contribution in [0, 0.1) is 0 Å². The molecule has 0 aliphatic carbocycles. The fourth-order valence-electron chi connectivity index (χ4n) is 2.61. The van der Waals surface area contributed by atoms with E-state index < -0.39 is 0 Å². The van der Waals surface area contributed by atoms with Crippen LogP contribution in [0.4, 0.5) is 0 Å². The number of hydrogen-bond donors (Lipinski definition) is 0. The molecule has 0 aliphatic heterocycles. The average Bonchev–Trinajstić information content (AvgIpc) is 2.50. The van der Waals surface area contributed by atoms with Crippen molar-refractivity contribution in [3.05, 3.63) is 12.2 Å². The van der Waals surface area contributed by atoms with Crippen molar-refractivity contribution in [1.82, 2.24) is 0 Å². The van der Waals surface area contributed by atoms with Gasteiger partial charge < -0.3 is 4.74 Å².